The van der Waals surface area contributed by atoms with Gasteiger partial charge in [-0.2, -0.15) is 0 Å². The van der Waals surface area contributed by atoms with E-state index in [9.17, 15) is 0 Å². The van der Waals surface area contributed by atoms with Gasteiger partial charge in [-0.3, -0.25) is 9.98 Å². The number of aromatic nitrogens is 1. The third-order valence-electron chi connectivity index (χ3n) is 3.79. The number of nitrogens with zero attached hydrogens (tertiary/aromatic N) is 2. The molecule has 0 unspecified atom stereocenters. The Morgan fingerprint density at radius 2 is 1.84 bits per heavy atom. The summed E-state index contributed by atoms with van der Waals surface area (Å²) in [5.74, 6) is 1.61. The monoisotopic (exact) mass is 334 g/mol. The summed E-state index contributed by atoms with van der Waals surface area (Å²) >= 11 is 0. The van der Waals surface area contributed by atoms with Crippen LogP contribution in [-0.4, -0.2) is 31.1 Å². The molecule has 0 aliphatic rings. The molecule has 0 fully saturated rings. The van der Waals surface area contributed by atoms with E-state index in [-0.39, 0.29) is 0 Å². The maximum absolute atomic E-state index is 5.67. The molecule has 3 aromatic rings. The molecule has 0 atom stereocenters. The van der Waals surface area contributed by atoms with Crippen molar-refractivity contribution in [2.75, 3.05) is 20.2 Å². The van der Waals surface area contributed by atoms with Crippen LogP contribution in [0, 0.1) is 0 Å². The Balaban J connectivity index is 1.49. The number of rotatable bonds is 6. The van der Waals surface area contributed by atoms with Gasteiger partial charge in [0.15, 0.2) is 5.96 Å². The zero-order valence-electron chi connectivity index (χ0n) is 14.3. The minimum atomic E-state index is 0.570. The van der Waals surface area contributed by atoms with Crippen molar-refractivity contribution in [2.24, 2.45) is 4.99 Å². The smallest absolute Gasteiger partial charge is 0.191 e. The summed E-state index contributed by atoms with van der Waals surface area (Å²) in [5.41, 5.74) is 2.15. The number of pyridine rings is 1. The van der Waals surface area contributed by atoms with Crippen molar-refractivity contribution in [3.8, 4) is 5.75 Å². The van der Waals surface area contributed by atoms with Crippen molar-refractivity contribution in [3.05, 3.63) is 72.4 Å². The summed E-state index contributed by atoms with van der Waals surface area (Å²) in [6.45, 7) is 1.90. The first-order valence-electron chi connectivity index (χ1n) is 8.32. The normalized spacial score (nSPS) is 11.3. The standard InChI is InChI=1S/C20H22N4O/c1-21-20(23-13-14-25-18-10-3-2-4-11-18)24-15-17-8-5-7-16-9-6-12-22-19(16)17/h2-12H,13-15H2,1H3,(H2,21,23,24). The molecular weight excluding hydrogens is 312 g/mol. The van der Waals surface area contributed by atoms with E-state index in [0.717, 1.165) is 28.2 Å². The van der Waals surface area contributed by atoms with Crippen LogP contribution in [-0.2, 0) is 6.54 Å². The molecule has 0 aliphatic carbocycles. The Bertz CT molecular complexity index is 828. The molecular formula is C20H22N4O. The summed E-state index contributed by atoms with van der Waals surface area (Å²) in [6.07, 6.45) is 1.82. The first-order chi connectivity index (χ1) is 12.4. The van der Waals surface area contributed by atoms with E-state index >= 15 is 0 Å². The average Bonchev–Trinajstić information content (AvgIpc) is 2.68. The highest BCUT2D eigenvalue weighted by Gasteiger charge is 2.03. The molecule has 5 heteroatoms. The second kappa shape index (κ2) is 8.68. The van der Waals surface area contributed by atoms with Crippen molar-refractivity contribution >= 4 is 16.9 Å². The predicted molar refractivity (Wildman–Crippen MR) is 102 cm³/mol. The van der Waals surface area contributed by atoms with Gasteiger partial charge in [-0.1, -0.05) is 42.5 Å². The first kappa shape index (κ1) is 16.8. The molecule has 0 saturated carbocycles. The van der Waals surface area contributed by atoms with Crippen LogP contribution in [0.3, 0.4) is 0 Å². The fourth-order valence-corrected chi connectivity index (χ4v) is 2.56. The van der Waals surface area contributed by atoms with E-state index in [4.69, 9.17) is 4.74 Å². The second-order valence-electron chi connectivity index (χ2n) is 5.51. The van der Waals surface area contributed by atoms with Crippen molar-refractivity contribution in [2.45, 2.75) is 6.54 Å². The van der Waals surface area contributed by atoms with Crippen molar-refractivity contribution in [1.29, 1.82) is 0 Å². The zero-order chi connectivity index (χ0) is 17.3. The molecule has 1 heterocycles. The summed E-state index contributed by atoms with van der Waals surface area (Å²) in [6, 6.07) is 20.0. The van der Waals surface area contributed by atoms with Crippen LogP contribution in [0.2, 0.25) is 0 Å². The molecule has 0 bridgehead atoms. The zero-order valence-corrected chi connectivity index (χ0v) is 14.3. The predicted octanol–water partition coefficient (Wildman–Crippen LogP) is 2.98. The molecule has 128 valence electrons. The van der Waals surface area contributed by atoms with E-state index in [2.05, 4.69) is 38.8 Å². The highest BCUT2D eigenvalue weighted by atomic mass is 16.5. The lowest BCUT2D eigenvalue weighted by Crippen LogP contribution is -2.38. The molecule has 0 amide bonds. The van der Waals surface area contributed by atoms with Gasteiger partial charge in [0.1, 0.15) is 12.4 Å². The van der Waals surface area contributed by atoms with Crippen LogP contribution in [0.4, 0.5) is 0 Å². The van der Waals surface area contributed by atoms with Crippen LogP contribution < -0.4 is 15.4 Å². The first-order valence-corrected chi connectivity index (χ1v) is 8.32. The highest BCUT2D eigenvalue weighted by Crippen LogP contribution is 2.15. The maximum Gasteiger partial charge on any atom is 0.191 e. The maximum atomic E-state index is 5.67. The lowest BCUT2D eigenvalue weighted by Gasteiger charge is -2.13. The lowest BCUT2D eigenvalue weighted by molar-refractivity contribution is 0.322. The number of guanidine groups is 1. The number of fused-ring (bicyclic) bond motifs is 1. The largest absolute Gasteiger partial charge is 0.492 e. The molecule has 0 saturated heterocycles. The Hall–Kier alpha value is -3.08. The molecule has 1 aromatic heterocycles. The number of hydrogen-bond acceptors (Lipinski definition) is 3. The molecule has 0 spiro atoms. The van der Waals surface area contributed by atoms with Gasteiger partial charge in [-0.15, -0.1) is 0 Å². The number of hydrogen-bond donors (Lipinski definition) is 2. The number of para-hydroxylation sites is 2. The van der Waals surface area contributed by atoms with Gasteiger partial charge < -0.3 is 15.4 Å². The van der Waals surface area contributed by atoms with Crippen LogP contribution in [0.1, 0.15) is 5.56 Å². The molecule has 0 aliphatic heterocycles. The Morgan fingerprint density at radius 1 is 1.00 bits per heavy atom. The van der Waals surface area contributed by atoms with Gasteiger partial charge in [-0.25, -0.2) is 0 Å². The van der Waals surface area contributed by atoms with Crippen molar-refractivity contribution < 1.29 is 4.74 Å². The highest BCUT2D eigenvalue weighted by molar-refractivity contribution is 5.83. The van der Waals surface area contributed by atoms with E-state index in [1.165, 1.54) is 0 Å². The third-order valence-corrected chi connectivity index (χ3v) is 3.79. The summed E-state index contributed by atoms with van der Waals surface area (Å²) in [7, 11) is 1.76. The van der Waals surface area contributed by atoms with Gasteiger partial charge in [0, 0.05) is 25.2 Å². The molecule has 5 nitrogen and oxygen atoms in total. The lowest BCUT2D eigenvalue weighted by atomic mass is 10.1. The number of aliphatic imine (C=N–C) groups is 1. The van der Waals surface area contributed by atoms with Crippen LogP contribution in [0.5, 0.6) is 5.75 Å². The van der Waals surface area contributed by atoms with E-state index < -0.39 is 0 Å². The molecule has 3 rings (SSSR count). The minimum absolute atomic E-state index is 0.570. The quantitative estimate of drug-likeness (QED) is 0.413. The van der Waals surface area contributed by atoms with Gasteiger partial charge in [0.25, 0.3) is 0 Å². The topological polar surface area (TPSA) is 58.5 Å². The third kappa shape index (κ3) is 4.70. The van der Waals surface area contributed by atoms with Crippen molar-refractivity contribution in [3.63, 3.8) is 0 Å². The van der Waals surface area contributed by atoms with E-state index in [0.29, 0.717) is 19.7 Å². The fraction of sp³-hybridized carbons (Fsp3) is 0.200. The van der Waals surface area contributed by atoms with E-state index in [1.807, 2.05) is 48.7 Å². The number of ether oxygens (including phenoxy) is 1. The van der Waals surface area contributed by atoms with Crippen LogP contribution >= 0.6 is 0 Å². The van der Waals surface area contributed by atoms with Crippen LogP contribution in [0.15, 0.2) is 71.9 Å². The van der Waals surface area contributed by atoms with Gasteiger partial charge in [-0.05, 0) is 23.8 Å². The van der Waals surface area contributed by atoms with Gasteiger partial charge in [0.05, 0.1) is 12.1 Å². The number of nitrogens with one attached hydrogen (secondary N) is 2. The second-order valence-corrected chi connectivity index (χ2v) is 5.51. The SMILES string of the molecule is CN=C(NCCOc1ccccc1)NCc1cccc2cccnc12. The van der Waals surface area contributed by atoms with Crippen LogP contribution in [0.25, 0.3) is 10.9 Å². The number of benzene rings is 2. The van der Waals surface area contributed by atoms with Gasteiger partial charge >= 0.3 is 0 Å². The summed E-state index contributed by atoms with van der Waals surface area (Å²) < 4.78 is 5.67. The molecule has 2 aromatic carbocycles. The van der Waals surface area contributed by atoms with Gasteiger partial charge in [0.2, 0.25) is 0 Å². The Labute approximate surface area is 147 Å². The summed E-state index contributed by atoms with van der Waals surface area (Å²) in [5, 5.41) is 7.71. The van der Waals surface area contributed by atoms with Crippen molar-refractivity contribution in [1.82, 2.24) is 15.6 Å². The Morgan fingerprint density at radius 3 is 2.68 bits per heavy atom. The summed E-state index contributed by atoms with van der Waals surface area (Å²) in [4.78, 5) is 8.72. The minimum Gasteiger partial charge on any atom is -0.492 e. The van der Waals surface area contributed by atoms with E-state index in [1.54, 1.807) is 7.05 Å². The molecule has 25 heavy (non-hydrogen) atoms. The molecule has 2 N–H and O–H groups in total. The fourth-order valence-electron chi connectivity index (χ4n) is 2.56. The molecule has 0 radical (unpaired) electrons. The average molecular weight is 334 g/mol. The Kier molecular flexibility index (Phi) is 5.82.